The molecule has 0 radical (unpaired) electrons. The Labute approximate surface area is 84.2 Å². The Morgan fingerprint density at radius 2 is 2.29 bits per heavy atom. The molecule has 4 heteroatoms. The number of nitrogens with one attached hydrogen (secondary N) is 2. The number of amides is 1. The number of rotatable bonds is 3. The van der Waals surface area contributed by atoms with Crippen molar-refractivity contribution in [1.82, 2.24) is 10.6 Å². The first-order chi connectivity index (χ1) is 6.64. The zero-order valence-electron chi connectivity index (χ0n) is 8.76. The molecule has 1 heterocycles. The van der Waals surface area contributed by atoms with Crippen LogP contribution in [0.15, 0.2) is 4.99 Å². The molecule has 0 aromatic heterocycles. The number of hydrogen-bond donors (Lipinski definition) is 2. The molecule has 1 atom stereocenters. The fraction of sp³-hybridized carbons (Fsp3) is 0.800. The largest absolute Gasteiger partial charge is 0.342 e. The maximum atomic E-state index is 11.6. The Bertz CT molecular complexity index is 283. The van der Waals surface area contributed by atoms with E-state index >= 15 is 0 Å². The van der Waals surface area contributed by atoms with Gasteiger partial charge in [0.1, 0.15) is 5.54 Å². The molecule has 1 saturated carbocycles. The van der Waals surface area contributed by atoms with Crippen LogP contribution in [0.2, 0.25) is 0 Å². The van der Waals surface area contributed by atoms with Crippen LogP contribution in [0.3, 0.4) is 0 Å². The molecule has 0 bridgehead atoms. The Hall–Kier alpha value is -1.06. The average molecular weight is 195 g/mol. The summed E-state index contributed by atoms with van der Waals surface area (Å²) in [5.74, 6) is 0.729. The van der Waals surface area contributed by atoms with Crippen LogP contribution < -0.4 is 10.6 Å². The lowest BCUT2D eigenvalue weighted by molar-refractivity contribution is -0.123. The number of carbonyl (C=O) groups is 1. The lowest BCUT2D eigenvalue weighted by atomic mass is 9.97. The van der Waals surface area contributed by atoms with E-state index < -0.39 is 5.54 Å². The van der Waals surface area contributed by atoms with Gasteiger partial charge in [-0.25, -0.2) is 4.99 Å². The monoisotopic (exact) mass is 195 g/mol. The molecule has 4 nitrogen and oxygen atoms in total. The third-order valence-corrected chi connectivity index (χ3v) is 2.74. The van der Waals surface area contributed by atoms with Gasteiger partial charge in [0.05, 0.1) is 6.04 Å². The third kappa shape index (κ3) is 1.74. The van der Waals surface area contributed by atoms with E-state index in [0.717, 1.165) is 25.7 Å². The molecular weight excluding hydrogens is 178 g/mol. The van der Waals surface area contributed by atoms with Gasteiger partial charge in [-0.1, -0.05) is 13.3 Å². The Kier molecular flexibility index (Phi) is 2.21. The van der Waals surface area contributed by atoms with Gasteiger partial charge in [0.25, 0.3) is 5.91 Å². The Balaban J connectivity index is 2.05. The van der Waals surface area contributed by atoms with E-state index in [1.165, 1.54) is 0 Å². The summed E-state index contributed by atoms with van der Waals surface area (Å²) in [6.07, 6.45) is 4.16. The van der Waals surface area contributed by atoms with Crippen molar-refractivity contribution < 1.29 is 4.79 Å². The summed E-state index contributed by atoms with van der Waals surface area (Å²) in [5.41, 5.74) is -0.442. The summed E-state index contributed by atoms with van der Waals surface area (Å²) in [4.78, 5) is 16.0. The van der Waals surface area contributed by atoms with E-state index in [9.17, 15) is 4.79 Å². The number of aliphatic imine (C=N–C) groups is 1. The first-order valence-electron chi connectivity index (χ1n) is 5.31. The first kappa shape index (κ1) is 9.49. The predicted octanol–water partition coefficient (Wildman–Crippen LogP) is 0.783. The van der Waals surface area contributed by atoms with Crippen LogP contribution in [0.25, 0.3) is 0 Å². The quantitative estimate of drug-likeness (QED) is 0.699. The summed E-state index contributed by atoms with van der Waals surface area (Å²) in [5, 5.41) is 5.98. The lowest BCUT2D eigenvalue weighted by Crippen LogP contribution is -2.43. The maximum absolute atomic E-state index is 11.6. The molecule has 0 aromatic rings. The highest BCUT2D eigenvalue weighted by molar-refractivity contribution is 6.08. The fourth-order valence-corrected chi connectivity index (χ4v) is 1.72. The van der Waals surface area contributed by atoms with Crippen molar-refractivity contribution in [2.24, 2.45) is 4.99 Å². The molecule has 2 N–H and O–H groups in total. The molecule has 0 spiro atoms. The fourth-order valence-electron chi connectivity index (χ4n) is 1.72. The van der Waals surface area contributed by atoms with Crippen molar-refractivity contribution in [3.8, 4) is 0 Å². The van der Waals surface area contributed by atoms with Crippen molar-refractivity contribution in [3.05, 3.63) is 0 Å². The standard InChI is InChI=1S/C10H17N3O/c1-3-6-10(2)8(14)12-9(13-10)11-7-4-5-7/h7H,3-6H2,1-2H3,(H2,11,12,13,14). The normalized spacial score (nSPS) is 34.4. The van der Waals surface area contributed by atoms with E-state index in [2.05, 4.69) is 22.5 Å². The highest BCUT2D eigenvalue weighted by Crippen LogP contribution is 2.24. The zero-order valence-corrected chi connectivity index (χ0v) is 8.76. The minimum Gasteiger partial charge on any atom is -0.342 e. The van der Waals surface area contributed by atoms with Crippen LogP contribution in [-0.4, -0.2) is 23.4 Å². The van der Waals surface area contributed by atoms with Crippen molar-refractivity contribution in [2.45, 2.75) is 51.1 Å². The second-order valence-electron chi connectivity index (χ2n) is 4.37. The van der Waals surface area contributed by atoms with Crippen LogP contribution in [-0.2, 0) is 4.79 Å². The number of guanidine groups is 1. The molecule has 1 saturated heterocycles. The molecule has 1 aliphatic heterocycles. The maximum Gasteiger partial charge on any atom is 0.252 e. The van der Waals surface area contributed by atoms with Gasteiger partial charge in [-0.2, -0.15) is 0 Å². The van der Waals surface area contributed by atoms with Gasteiger partial charge in [0.15, 0.2) is 5.96 Å². The molecule has 2 rings (SSSR count). The lowest BCUT2D eigenvalue weighted by Gasteiger charge is -2.19. The third-order valence-electron chi connectivity index (χ3n) is 2.74. The number of carbonyl (C=O) groups excluding carboxylic acids is 1. The van der Waals surface area contributed by atoms with Crippen LogP contribution in [0.1, 0.15) is 39.5 Å². The molecule has 14 heavy (non-hydrogen) atoms. The van der Waals surface area contributed by atoms with Crippen LogP contribution in [0, 0.1) is 0 Å². The minimum atomic E-state index is -0.442. The molecular formula is C10H17N3O. The summed E-state index contributed by atoms with van der Waals surface area (Å²) < 4.78 is 0. The van der Waals surface area contributed by atoms with E-state index in [0.29, 0.717) is 12.0 Å². The van der Waals surface area contributed by atoms with Gasteiger partial charge >= 0.3 is 0 Å². The zero-order chi connectivity index (χ0) is 10.2. The molecule has 2 fully saturated rings. The van der Waals surface area contributed by atoms with Gasteiger partial charge < -0.3 is 5.32 Å². The molecule has 1 aliphatic carbocycles. The number of nitrogens with zero attached hydrogens (tertiary/aromatic N) is 1. The van der Waals surface area contributed by atoms with Gasteiger partial charge in [0, 0.05) is 0 Å². The van der Waals surface area contributed by atoms with Crippen molar-refractivity contribution >= 4 is 11.9 Å². The summed E-state index contributed by atoms with van der Waals surface area (Å²) in [6, 6.07) is 0.446. The van der Waals surface area contributed by atoms with Gasteiger partial charge in [-0.3, -0.25) is 10.1 Å². The average Bonchev–Trinajstić information content (AvgIpc) is 2.83. The van der Waals surface area contributed by atoms with Crippen molar-refractivity contribution in [2.75, 3.05) is 0 Å². The summed E-state index contributed by atoms with van der Waals surface area (Å²) in [6.45, 7) is 4.01. The van der Waals surface area contributed by atoms with Crippen LogP contribution in [0.4, 0.5) is 0 Å². The topological polar surface area (TPSA) is 53.5 Å². The van der Waals surface area contributed by atoms with E-state index in [4.69, 9.17) is 0 Å². The van der Waals surface area contributed by atoms with Gasteiger partial charge in [0.2, 0.25) is 0 Å². The molecule has 1 unspecified atom stereocenters. The summed E-state index contributed by atoms with van der Waals surface area (Å²) in [7, 11) is 0. The first-order valence-corrected chi connectivity index (χ1v) is 5.31. The smallest absolute Gasteiger partial charge is 0.252 e. The number of hydrogen-bond acceptors (Lipinski definition) is 2. The van der Waals surface area contributed by atoms with Crippen molar-refractivity contribution in [3.63, 3.8) is 0 Å². The second-order valence-corrected chi connectivity index (χ2v) is 4.37. The van der Waals surface area contributed by atoms with E-state index in [1.54, 1.807) is 0 Å². The van der Waals surface area contributed by atoms with Crippen LogP contribution in [0.5, 0.6) is 0 Å². The van der Waals surface area contributed by atoms with Crippen LogP contribution >= 0.6 is 0 Å². The predicted molar refractivity (Wildman–Crippen MR) is 55.0 cm³/mol. The molecule has 78 valence electrons. The van der Waals surface area contributed by atoms with Crippen molar-refractivity contribution in [1.29, 1.82) is 0 Å². The van der Waals surface area contributed by atoms with Gasteiger partial charge in [-0.15, -0.1) is 0 Å². The molecule has 2 aliphatic rings. The van der Waals surface area contributed by atoms with Gasteiger partial charge in [-0.05, 0) is 26.2 Å². The molecule has 0 aromatic carbocycles. The van der Waals surface area contributed by atoms with E-state index in [1.807, 2.05) is 6.92 Å². The summed E-state index contributed by atoms with van der Waals surface area (Å²) >= 11 is 0. The Morgan fingerprint density at radius 1 is 1.57 bits per heavy atom. The molecule has 1 amide bonds. The highest BCUT2D eigenvalue weighted by Gasteiger charge is 2.40. The van der Waals surface area contributed by atoms with E-state index in [-0.39, 0.29) is 5.91 Å². The Morgan fingerprint density at radius 3 is 2.86 bits per heavy atom. The highest BCUT2D eigenvalue weighted by atomic mass is 16.2. The SMILES string of the molecule is CCCC1(C)NC(=NC2CC2)NC1=O. The minimum absolute atomic E-state index is 0.0544. The second kappa shape index (κ2) is 3.26.